The molecule has 2 heteroatoms. The fourth-order valence-electron chi connectivity index (χ4n) is 8.56. The summed E-state index contributed by atoms with van der Waals surface area (Å²) in [4.78, 5) is 12.1. The van der Waals surface area contributed by atoms with Crippen LogP contribution in [-0.2, 0) is 9.53 Å². The molecule has 0 aliphatic carbocycles. The van der Waals surface area contributed by atoms with E-state index in [1.54, 1.807) is 0 Å². The summed E-state index contributed by atoms with van der Waals surface area (Å²) in [6.45, 7) is 7.61. The number of allylic oxidation sites excluding steroid dienone is 2. The fourth-order valence-corrected chi connectivity index (χ4v) is 8.56. The predicted molar refractivity (Wildman–Crippen MR) is 258 cm³/mol. The minimum atomic E-state index is 0.0284. The third-order valence-corrected chi connectivity index (χ3v) is 12.6. The average Bonchev–Trinajstić information content (AvgIpc) is 3.20. The van der Waals surface area contributed by atoms with Crippen LogP contribution >= 0.6 is 0 Å². The summed E-state index contributed by atoms with van der Waals surface area (Å²) in [6, 6.07) is 0. The van der Waals surface area contributed by atoms with Gasteiger partial charge in [-0.3, -0.25) is 4.79 Å². The van der Waals surface area contributed by atoms with Gasteiger partial charge in [-0.25, -0.2) is 0 Å². The molecule has 0 fully saturated rings. The normalized spacial score (nSPS) is 11.8. The molecule has 0 saturated carbocycles. The second kappa shape index (κ2) is 51.4. The first-order valence-corrected chi connectivity index (χ1v) is 27.0. The molecule has 340 valence electrons. The van der Waals surface area contributed by atoms with Gasteiger partial charge in [0.05, 0.1) is 6.61 Å². The van der Waals surface area contributed by atoms with Crippen LogP contribution in [0.2, 0.25) is 0 Å². The topological polar surface area (TPSA) is 26.3 Å². The molecule has 2 nitrogen and oxygen atoms in total. The molecule has 0 bridgehead atoms. The average molecular weight is 801 g/mol. The van der Waals surface area contributed by atoms with Crippen molar-refractivity contribution in [3.05, 3.63) is 12.2 Å². The smallest absolute Gasteiger partial charge is 0.305 e. The standard InChI is InChI=1S/C55H108O2/c1-4-5-6-7-8-9-10-11-12-27-31-34-37-40-43-46-49-52-55(56)57-53-50-47-44-41-38-35-32-29-26-24-22-20-18-16-14-13-15-17-19-21-23-25-28-30-33-36-39-42-45-48-51-54(2)3/h9-10,54H,4-8,11-53H2,1-3H3. The van der Waals surface area contributed by atoms with E-state index in [-0.39, 0.29) is 5.97 Å². The lowest BCUT2D eigenvalue weighted by Gasteiger charge is -2.06. The highest BCUT2D eigenvalue weighted by atomic mass is 16.5. The van der Waals surface area contributed by atoms with E-state index in [9.17, 15) is 4.79 Å². The van der Waals surface area contributed by atoms with Crippen molar-refractivity contribution in [1.29, 1.82) is 0 Å². The summed E-state index contributed by atoms with van der Waals surface area (Å²) in [7, 11) is 0. The molecule has 0 heterocycles. The van der Waals surface area contributed by atoms with Crippen molar-refractivity contribution in [2.45, 2.75) is 323 Å². The minimum absolute atomic E-state index is 0.0284. The van der Waals surface area contributed by atoms with Gasteiger partial charge in [-0.15, -0.1) is 0 Å². The molecule has 0 aliphatic heterocycles. The van der Waals surface area contributed by atoms with Crippen molar-refractivity contribution in [3.8, 4) is 0 Å². The highest BCUT2D eigenvalue weighted by Crippen LogP contribution is 2.18. The van der Waals surface area contributed by atoms with E-state index < -0.39 is 0 Å². The molecule has 0 spiro atoms. The van der Waals surface area contributed by atoms with Crippen molar-refractivity contribution in [2.24, 2.45) is 5.92 Å². The minimum Gasteiger partial charge on any atom is -0.466 e. The van der Waals surface area contributed by atoms with Crippen LogP contribution < -0.4 is 0 Å². The number of carbonyl (C=O) groups is 1. The van der Waals surface area contributed by atoms with E-state index in [0.29, 0.717) is 13.0 Å². The summed E-state index contributed by atoms with van der Waals surface area (Å²) in [5.41, 5.74) is 0. The van der Waals surface area contributed by atoms with Crippen molar-refractivity contribution >= 4 is 5.97 Å². The van der Waals surface area contributed by atoms with Gasteiger partial charge in [-0.1, -0.05) is 290 Å². The van der Waals surface area contributed by atoms with Crippen LogP contribution in [0.15, 0.2) is 12.2 Å². The van der Waals surface area contributed by atoms with Crippen LogP contribution in [0.1, 0.15) is 323 Å². The van der Waals surface area contributed by atoms with Crippen LogP contribution in [0.5, 0.6) is 0 Å². The molecule has 0 amide bonds. The lowest BCUT2D eigenvalue weighted by molar-refractivity contribution is -0.143. The Morgan fingerprint density at radius 3 is 0.930 bits per heavy atom. The van der Waals surface area contributed by atoms with E-state index >= 15 is 0 Å². The van der Waals surface area contributed by atoms with E-state index in [2.05, 4.69) is 32.9 Å². The molecule has 0 radical (unpaired) electrons. The van der Waals surface area contributed by atoms with E-state index in [0.717, 1.165) is 18.8 Å². The van der Waals surface area contributed by atoms with Gasteiger partial charge in [0.1, 0.15) is 0 Å². The van der Waals surface area contributed by atoms with Gasteiger partial charge in [0.25, 0.3) is 0 Å². The maximum absolute atomic E-state index is 12.1. The molecular formula is C55H108O2. The fraction of sp³-hybridized carbons (Fsp3) is 0.945. The highest BCUT2D eigenvalue weighted by molar-refractivity contribution is 5.69. The zero-order valence-electron chi connectivity index (χ0n) is 40.0. The van der Waals surface area contributed by atoms with Gasteiger partial charge in [-0.2, -0.15) is 0 Å². The SMILES string of the molecule is CCCCCCC=CCCCCCCCCCCCC(=O)OCCCCCCCCCCCCCCCCCCCCCCCCCCCCCCCCC(C)C. The number of ether oxygens (including phenoxy) is 1. The van der Waals surface area contributed by atoms with Gasteiger partial charge in [0.2, 0.25) is 0 Å². The molecule has 0 aromatic carbocycles. The monoisotopic (exact) mass is 801 g/mol. The summed E-state index contributed by atoms with van der Waals surface area (Å²) < 4.78 is 5.49. The van der Waals surface area contributed by atoms with Crippen molar-refractivity contribution in [2.75, 3.05) is 6.61 Å². The molecule has 0 N–H and O–H groups in total. The molecule has 0 unspecified atom stereocenters. The number of hydrogen-bond acceptors (Lipinski definition) is 2. The van der Waals surface area contributed by atoms with Gasteiger partial charge in [-0.05, 0) is 44.4 Å². The summed E-state index contributed by atoms with van der Waals surface area (Å²) >= 11 is 0. The number of unbranched alkanes of at least 4 members (excludes halogenated alkanes) is 42. The van der Waals surface area contributed by atoms with Crippen LogP contribution in [0.4, 0.5) is 0 Å². The van der Waals surface area contributed by atoms with E-state index in [1.807, 2.05) is 0 Å². The Kier molecular flexibility index (Phi) is 50.6. The Bertz CT molecular complexity index is 756. The molecule has 0 aliphatic rings. The van der Waals surface area contributed by atoms with Crippen LogP contribution in [0.3, 0.4) is 0 Å². The molecular weight excluding hydrogens is 693 g/mol. The molecule has 0 saturated heterocycles. The second-order valence-corrected chi connectivity index (χ2v) is 19.1. The number of hydrogen-bond donors (Lipinski definition) is 0. The van der Waals surface area contributed by atoms with Gasteiger partial charge >= 0.3 is 5.97 Å². The molecule has 57 heavy (non-hydrogen) atoms. The first kappa shape index (κ1) is 56.2. The van der Waals surface area contributed by atoms with Crippen molar-refractivity contribution < 1.29 is 9.53 Å². The highest BCUT2D eigenvalue weighted by Gasteiger charge is 2.03. The van der Waals surface area contributed by atoms with E-state index in [1.165, 1.54) is 283 Å². The Morgan fingerprint density at radius 2 is 0.614 bits per heavy atom. The first-order chi connectivity index (χ1) is 28.2. The quantitative estimate of drug-likeness (QED) is 0.0348. The lowest BCUT2D eigenvalue weighted by atomic mass is 10.0. The maximum atomic E-state index is 12.1. The Labute approximate surface area is 361 Å². The number of carbonyl (C=O) groups excluding carboxylic acids is 1. The van der Waals surface area contributed by atoms with Gasteiger partial charge in [0.15, 0.2) is 0 Å². The maximum Gasteiger partial charge on any atom is 0.305 e. The Morgan fingerprint density at radius 1 is 0.351 bits per heavy atom. The third kappa shape index (κ3) is 53.2. The van der Waals surface area contributed by atoms with Crippen LogP contribution in [0.25, 0.3) is 0 Å². The number of esters is 1. The van der Waals surface area contributed by atoms with Gasteiger partial charge in [0, 0.05) is 6.42 Å². The number of rotatable bonds is 50. The summed E-state index contributed by atoms with van der Waals surface area (Å²) in [5, 5.41) is 0. The zero-order valence-corrected chi connectivity index (χ0v) is 40.0. The largest absolute Gasteiger partial charge is 0.466 e. The predicted octanol–water partition coefficient (Wildman–Crippen LogP) is 20.1. The Hall–Kier alpha value is -0.790. The lowest BCUT2D eigenvalue weighted by Crippen LogP contribution is -2.05. The van der Waals surface area contributed by atoms with Crippen LogP contribution in [0, 0.1) is 5.92 Å². The first-order valence-electron chi connectivity index (χ1n) is 27.0. The molecule has 0 aromatic heterocycles. The summed E-state index contributed by atoms with van der Waals surface area (Å²) in [5.74, 6) is 0.917. The van der Waals surface area contributed by atoms with Gasteiger partial charge < -0.3 is 4.74 Å². The summed E-state index contributed by atoms with van der Waals surface area (Å²) in [6.07, 6.45) is 69.4. The molecule has 0 rings (SSSR count). The zero-order chi connectivity index (χ0) is 41.2. The Balaban J connectivity index is 3.15. The molecule has 0 atom stereocenters. The molecule has 0 aromatic rings. The van der Waals surface area contributed by atoms with Crippen molar-refractivity contribution in [3.63, 3.8) is 0 Å². The van der Waals surface area contributed by atoms with Crippen molar-refractivity contribution in [1.82, 2.24) is 0 Å². The second-order valence-electron chi connectivity index (χ2n) is 19.1. The third-order valence-electron chi connectivity index (χ3n) is 12.6. The van der Waals surface area contributed by atoms with Crippen LogP contribution in [-0.4, -0.2) is 12.6 Å². The van der Waals surface area contributed by atoms with E-state index in [4.69, 9.17) is 4.74 Å².